The van der Waals surface area contributed by atoms with Crippen LogP contribution in [0.15, 0.2) is 17.8 Å². The summed E-state index contributed by atoms with van der Waals surface area (Å²) in [5.74, 6) is 0.971. The highest BCUT2D eigenvalue weighted by Gasteiger charge is 2.29. The third kappa shape index (κ3) is 3.51. The first kappa shape index (κ1) is 15.5. The normalized spacial score (nSPS) is 19.2. The van der Waals surface area contributed by atoms with Crippen LogP contribution in [0.25, 0.3) is 0 Å². The maximum absolute atomic E-state index is 4.79. The molecule has 1 aliphatic heterocycles. The zero-order valence-electron chi connectivity index (χ0n) is 13.5. The fourth-order valence-electron chi connectivity index (χ4n) is 2.96. The number of thiazole rings is 1. The summed E-state index contributed by atoms with van der Waals surface area (Å²) < 4.78 is 0. The number of aromatic nitrogens is 3. The Labute approximate surface area is 136 Å². The second kappa shape index (κ2) is 6.81. The van der Waals surface area contributed by atoms with Gasteiger partial charge in [0.25, 0.3) is 0 Å². The standard InChI is InChI=1S/C16H23N5S/c1-12-15(22-11-18-12)10-21-8-4-5-14(21)16-17-7-6-13(19-16)9-20(2)3/h6-7,11,14H,4-5,8-10H2,1-3H3. The van der Waals surface area contributed by atoms with Gasteiger partial charge >= 0.3 is 0 Å². The summed E-state index contributed by atoms with van der Waals surface area (Å²) in [6, 6.07) is 2.35. The van der Waals surface area contributed by atoms with E-state index >= 15 is 0 Å². The van der Waals surface area contributed by atoms with E-state index in [1.165, 1.54) is 11.3 Å². The summed E-state index contributed by atoms with van der Waals surface area (Å²) in [5, 5.41) is 0. The second-order valence-corrected chi connectivity index (χ2v) is 7.07. The van der Waals surface area contributed by atoms with E-state index in [0.717, 1.165) is 43.3 Å². The number of aryl methyl sites for hydroxylation is 1. The van der Waals surface area contributed by atoms with E-state index in [2.05, 4.69) is 40.8 Å². The van der Waals surface area contributed by atoms with Gasteiger partial charge in [-0.2, -0.15) is 0 Å². The molecule has 118 valence electrons. The summed E-state index contributed by atoms with van der Waals surface area (Å²) in [7, 11) is 4.13. The molecule has 0 aliphatic carbocycles. The van der Waals surface area contributed by atoms with Gasteiger partial charge in [0, 0.05) is 24.2 Å². The Kier molecular flexibility index (Phi) is 4.81. The smallest absolute Gasteiger partial charge is 0.145 e. The highest BCUT2D eigenvalue weighted by atomic mass is 32.1. The van der Waals surface area contributed by atoms with Crippen molar-refractivity contribution in [3.63, 3.8) is 0 Å². The van der Waals surface area contributed by atoms with Crippen molar-refractivity contribution in [2.75, 3.05) is 20.6 Å². The zero-order valence-corrected chi connectivity index (χ0v) is 14.3. The molecule has 2 aromatic heterocycles. The van der Waals surface area contributed by atoms with Gasteiger partial charge in [-0.25, -0.2) is 15.0 Å². The van der Waals surface area contributed by atoms with Crippen LogP contribution in [0.5, 0.6) is 0 Å². The van der Waals surface area contributed by atoms with Crippen LogP contribution in [0.2, 0.25) is 0 Å². The molecule has 0 radical (unpaired) electrons. The average molecular weight is 317 g/mol. The van der Waals surface area contributed by atoms with Crippen LogP contribution in [-0.2, 0) is 13.1 Å². The molecule has 3 heterocycles. The monoisotopic (exact) mass is 317 g/mol. The minimum atomic E-state index is 0.337. The number of nitrogens with zero attached hydrogens (tertiary/aromatic N) is 5. The van der Waals surface area contributed by atoms with Gasteiger partial charge in [-0.05, 0) is 46.5 Å². The summed E-state index contributed by atoms with van der Waals surface area (Å²) >= 11 is 1.74. The third-order valence-electron chi connectivity index (χ3n) is 4.06. The van der Waals surface area contributed by atoms with Crippen molar-refractivity contribution < 1.29 is 0 Å². The SMILES string of the molecule is Cc1ncsc1CN1CCCC1c1nccc(CN(C)C)n1. The fourth-order valence-corrected chi connectivity index (χ4v) is 3.76. The lowest BCUT2D eigenvalue weighted by molar-refractivity contribution is 0.240. The minimum absolute atomic E-state index is 0.337. The quantitative estimate of drug-likeness (QED) is 0.848. The number of likely N-dealkylation sites (tertiary alicyclic amines) is 1. The average Bonchev–Trinajstić information content (AvgIpc) is 3.09. The largest absolute Gasteiger partial charge is 0.304 e. The Balaban J connectivity index is 1.76. The molecule has 6 heteroatoms. The van der Waals surface area contributed by atoms with Crippen molar-refractivity contribution in [3.8, 4) is 0 Å². The topological polar surface area (TPSA) is 45.2 Å². The summed E-state index contributed by atoms with van der Waals surface area (Å²) in [5.41, 5.74) is 4.18. The van der Waals surface area contributed by atoms with Gasteiger partial charge in [0.15, 0.2) is 0 Å². The first-order valence-electron chi connectivity index (χ1n) is 7.73. The molecule has 1 fully saturated rings. The Morgan fingerprint density at radius 1 is 1.36 bits per heavy atom. The van der Waals surface area contributed by atoms with Crippen molar-refractivity contribution in [2.45, 2.75) is 38.9 Å². The van der Waals surface area contributed by atoms with E-state index < -0.39 is 0 Å². The van der Waals surface area contributed by atoms with E-state index in [4.69, 9.17) is 4.98 Å². The summed E-state index contributed by atoms with van der Waals surface area (Å²) in [6.45, 7) is 5.02. The van der Waals surface area contributed by atoms with Crippen LogP contribution in [0, 0.1) is 6.92 Å². The van der Waals surface area contributed by atoms with E-state index in [1.807, 2.05) is 17.8 Å². The van der Waals surface area contributed by atoms with Crippen molar-refractivity contribution in [1.82, 2.24) is 24.8 Å². The van der Waals surface area contributed by atoms with Gasteiger partial charge in [-0.15, -0.1) is 11.3 Å². The van der Waals surface area contributed by atoms with Crippen molar-refractivity contribution >= 4 is 11.3 Å². The molecule has 2 aromatic rings. The molecule has 0 saturated carbocycles. The maximum Gasteiger partial charge on any atom is 0.145 e. The fraction of sp³-hybridized carbons (Fsp3) is 0.562. The van der Waals surface area contributed by atoms with Crippen LogP contribution in [-0.4, -0.2) is 45.4 Å². The van der Waals surface area contributed by atoms with E-state index in [0.29, 0.717) is 6.04 Å². The highest BCUT2D eigenvalue weighted by Crippen LogP contribution is 2.32. The number of rotatable bonds is 5. The van der Waals surface area contributed by atoms with Gasteiger partial charge in [0.05, 0.1) is 22.9 Å². The lowest BCUT2D eigenvalue weighted by Crippen LogP contribution is -2.24. The number of hydrogen-bond donors (Lipinski definition) is 0. The maximum atomic E-state index is 4.79. The van der Waals surface area contributed by atoms with E-state index in [-0.39, 0.29) is 0 Å². The summed E-state index contributed by atoms with van der Waals surface area (Å²) in [4.78, 5) is 19.7. The predicted molar refractivity (Wildman–Crippen MR) is 88.7 cm³/mol. The Morgan fingerprint density at radius 2 is 2.23 bits per heavy atom. The minimum Gasteiger partial charge on any atom is -0.304 e. The molecule has 0 amide bonds. The van der Waals surface area contributed by atoms with Crippen LogP contribution in [0.3, 0.4) is 0 Å². The van der Waals surface area contributed by atoms with Gasteiger partial charge in [-0.1, -0.05) is 0 Å². The Morgan fingerprint density at radius 3 is 2.95 bits per heavy atom. The zero-order chi connectivity index (χ0) is 15.5. The molecule has 1 atom stereocenters. The second-order valence-electron chi connectivity index (χ2n) is 6.13. The van der Waals surface area contributed by atoms with Gasteiger partial charge in [0.2, 0.25) is 0 Å². The van der Waals surface area contributed by atoms with Gasteiger partial charge in [0.1, 0.15) is 5.82 Å². The van der Waals surface area contributed by atoms with Crippen LogP contribution in [0.4, 0.5) is 0 Å². The lowest BCUT2D eigenvalue weighted by Gasteiger charge is -2.23. The van der Waals surface area contributed by atoms with Crippen LogP contribution < -0.4 is 0 Å². The molecule has 1 aliphatic rings. The molecule has 5 nitrogen and oxygen atoms in total. The first-order valence-corrected chi connectivity index (χ1v) is 8.61. The summed E-state index contributed by atoms with van der Waals surface area (Å²) in [6.07, 6.45) is 4.25. The van der Waals surface area contributed by atoms with Crippen molar-refractivity contribution in [3.05, 3.63) is 39.9 Å². The molecule has 0 bridgehead atoms. The van der Waals surface area contributed by atoms with E-state index in [9.17, 15) is 0 Å². The molecule has 1 saturated heterocycles. The van der Waals surface area contributed by atoms with E-state index in [1.54, 1.807) is 11.3 Å². The predicted octanol–water partition coefficient (Wildman–Crippen LogP) is 2.64. The van der Waals surface area contributed by atoms with Crippen LogP contribution in [0.1, 0.15) is 41.0 Å². The van der Waals surface area contributed by atoms with Crippen molar-refractivity contribution in [2.24, 2.45) is 0 Å². The number of hydrogen-bond acceptors (Lipinski definition) is 6. The Bertz CT molecular complexity index is 625. The first-order chi connectivity index (χ1) is 10.6. The molecule has 0 N–H and O–H groups in total. The molecule has 0 aromatic carbocycles. The highest BCUT2D eigenvalue weighted by molar-refractivity contribution is 7.09. The molecule has 22 heavy (non-hydrogen) atoms. The van der Waals surface area contributed by atoms with Crippen LogP contribution >= 0.6 is 11.3 Å². The van der Waals surface area contributed by atoms with Gasteiger partial charge in [-0.3, -0.25) is 4.90 Å². The molecular formula is C16H23N5S. The molecule has 3 rings (SSSR count). The van der Waals surface area contributed by atoms with Gasteiger partial charge < -0.3 is 4.90 Å². The molecular weight excluding hydrogens is 294 g/mol. The lowest BCUT2D eigenvalue weighted by atomic mass is 10.2. The third-order valence-corrected chi connectivity index (χ3v) is 4.98. The molecule has 1 unspecified atom stereocenters. The molecule has 0 spiro atoms. The van der Waals surface area contributed by atoms with Crippen molar-refractivity contribution in [1.29, 1.82) is 0 Å². The Hall–Kier alpha value is -1.37.